The molecule has 0 saturated heterocycles. The third-order valence-electron chi connectivity index (χ3n) is 5.02. The SMILES string of the molecule is Cc1sc2nc(-c3ccccn3)n(Cc3cc(=O)c(OCC(C)C)c[nH]3)c(=O)c2c1C. The summed E-state index contributed by atoms with van der Waals surface area (Å²) in [5.41, 5.74) is 1.76. The minimum absolute atomic E-state index is 0.145. The molecule has 0 aliphatic carbocycles. The van der Waals surface area contributed by atoms with Crippen molar-refractivity contribution < 1.29 is 4.74 Å². The number of aromatic nitrogens is 4. The van der Waals surface area contributed by atoms with Gasteiger partial charge < -0.3 is 9.72 Å². The number of H-pyrrole nitrogens is 1. The molecule has 0 spiro atoms. The lowest BCUT2D eigenvalue weighted by atomic mass is 10.2. The van der Waals surface area contributed by atoms with Crippen molar-refractivity contribution in [1.29, 1.82) is 0 Å². The molecule has 7 nitrogen and oxygen atoms in total. The zero-order valence-corrected chi connectivity index (χ0v) is 18.7. The van der Waals surface area contributed by atoms with Crippen LogP contribution >= 0.6 is 11.3 Å². The molecule has 0 fully saturated rings. The third-order valence-corrected chi connectivity index (χ3v) is 6.12. The van der Waals surface area contributed by atoms with E-state index in [4.69, 9.17) is 9.72 Å². The molecule has 4 aromatic heterocycles. The zero-order chi connectivity index (χ0) is 22.1. The first-order valence-corrected chi connectivity index (χ1v) is 10.9. The molecule has 31 heavy (non-hydrogen) atoms. The standard InChI is InChI=1S/C23H24N4O3S/c1-13(2)12-30-19-10-25-16(9-18(19)28)11-27-21(17-7-5-6-8-24-17)26-22-20(23(27)29)14(3)15(4)31-22/h5-10,13H,11-12H2,1-4H3,(H,25,28). The molecule has 0 radical (unpaired) electrons. The highest BCUT2D eigenvalue weighted by Crippen LogP contribution is 2.28. The number of fused-ring (bicyclic) bond motifs is 1. The van der Waals surface area contributed by atoms with Crippen molar-refractivity contribution in [3.8, 4) is 17.3 Å². The predicted molar refractivity (Wildman–Crippen MR) is 123 cm³/mol. The molecule has 4 rings (SSSR count). The maximum absolute atomic E-state index is 13.5. The van der Waals surface area contributed by atoms with E-state index in [0.717, 1.165) is 10.4 Å². The Morgan fingerprint density at radius 3 is 2.71 bits per heavy atom. The second-order valence-electron chi connectivity index (χ2n) is 7.90. The lowest BCUT2D eigenvalue weighted by Gasteiger charge is -2.13. The molecule has 0 atom stereocenters. The first-order chi connectivity index (χ1) is 14.8. The zero-order valence-electron chi connectivity index (χ0n) is 17.9. The first kappa shape index (κ1) is 21.0. The van der Waals surface area contributed by atoms with E-state index in [1.54, 1.807) is 17.0 Å². The molecule has 0 aliphatic rings. The lowest BCUT2D eigenvalue weighted by molar-refractivity contribution is 0.267. The van der Waals surface area contributed by atoms with Crippen LogP contribution in [0.2, 0.25) is 0 Å². The van der Waals surface area contributed by atoms with Gasteiger partial charge in [0.2, 0.25) is 5.43 Å². The Kier molecular flexibility index (Phi) is 5.73. The van der Waals surface area contributed by atoms with E-state index < -0.39 is 0 Å². The Bertz CT molecular complexity index is 1350. The highest BCUT2D eigenvalue weighted by atomic mass is 32.1. The summed E-state index contributed by atoms with van der Waals surface area (Å²) in [7, 11) is 0. The van der Waals surface area contributed by atoms with Gasteiger partial charge in [0.25, 0.3) is 5.56 Å². The van der Waals surface area contributed by atoms with Crippen LogP contribution in [-0.2, 0) is 6.54 Å². The smallest absolute Gasteiger partial charge is 0.263 e. The van der Waals surface area contributed by atoms with Crippen molar-refractivity contribution >= 4 is 21.6 Å². The number of aryl methyl sites for hydroxylation is 2. The van der Waals surface area contributed by atoms with Gasteiger partial charge in [-0.1, -0.05) is 19.9 Å². The number of nitrogens with zero attached hydrogens (tertiary/aromatic N) is 3. The third kappa shape index (κ3) is 4.16. The maximum Gasteiger partial charge on any atom is 0.263 e. The predicted octanol–water partition coefficient (Wildman–Crippen LogP) is 3.91. The van der Waals surface area contributed by atoms with Gasteiger partial charge in [-0.25, -0.2) is 4.98 Å². The van der Waals surface area contributed by atoms with Gasteiger partial charge in [-0.05, 0) is 37.5 Å². The monoisotopic (exact) mass is 436 g/mol. The topological polar surface area (TPSA) is 89.9 Å². The van der Waals surface area contributed by atoms with E-state index in [1.807, 2.05) is 45.9 Å². The Balaban J connectivity index is 1.82. The molecule has 0 aliphatic heterocycles. The van der Waals surface area contributed by atoms with Crippen LogP contribution in [0.25, 0.3) is 21.7 Å². The average molecular weight is 437 g/mol. The lowest BCUT2D eigenvalue weighted by Crippen LogP contribution is -2.25. The number of thiophene rings is 1. The molecule has 0 amide bonds. The number of nitrogens with one attached hydrogen (secondary N) is 1. The molecule has 1 N–H and O–H groups in total. The number of aromatic amines is 1. The summed E-state index contributed by atoms with van der Waals surface area (Å²) in [5, 5.41) is 0.612. The van der Waals surface area contributed by atoms with Crippen LogP contribution in [0.3, 0.4) is 0 Å². The Morgan fingerprint density at radius 1 is 1.23 bits per heavy atom. The fourth-order valence-electron chi connectivity index (χ4n) is 3.30. The van der Waals surface area contributed by atoms with E-state index >= 15 is 0 Å². The van der Waals surface area contributed by atoms with Crippen LogP contribution in [0.1, 0.15) is 30.0 Å². The van der Waals surface area contributed by atoms with Crippen LogP contribution in [0.5, 0.6) is 5.75 Å². The molecule has 0 aromatic carbocycles. The van der Waals surface area contributed by atoms with E-state index in [0.29, 0.717) is 40.0 Å². The fourth-order valence-corrected chi connectivity index (χ4v) is 4.32. The van der Waals surface area contributed by atoms with E-state index in [1.165, 1.54) is 17.4 Å². The average Bonchev–Trinajstić information content (AvgIpc) is 3.03. The van der Waals surface area contributed by atoms with Crippen LogP contribution in [-0.4, -0.2) is 26.1 Å². The minimum atomic E-state index is -0.224. The van der Waals surface area contributed by atoms with Crippen LogP contribution in [0, 0.1) is 19.8 Å². The minimum Gasteiger partial charge on any atom is -0.488 e. The number of hydrogen-bond acceptors (Lipinski definition) is 6. The van der Waals surface area contributed by atoms with Crippen molar-refractivity contribution in [3.63, 3.8) is 0 Å². The molecule has 8 heteroatoms. The van der Waals surface area contributed by atoms with Crippen molar-refractivity contribution in [3.05, 3.63) is 73.4 Å². The fraction of sp³-hybridized carbons (Fsp3) is 0.304. The molecular weight excluding hydrogens is 412 g/mol. The molecule has 4 aromatic rings. The number of ether oxygens (including phenoxy) is 1. The molecule has 0 saturated carbocycles. The molecular formula is C23H24N4O3S. The van der Waals surface area contributed by atoms with Gasteiger partial charge in [-0.15, -0.1) is 11.3 Å². The summed E-state index contributed by atoms with van der Waals surface area (Å²) in [6, 6.07) is 6.97. The van der Waals surface area contributed by atoms with Crippen molar-refractivity contribution in [2.45, 2.75) is 34.2 Å². The summed E-state index contributed by atoms with van der Waals surface area (Å²) >= 11 is 1.50. The molecule has 0 bridgehead atoms. The van der Waals surface area contributed by atoms with Crippen molar-refractivity contribution in [2.75, 3.05) is 6.61 Å². The number of rotatable bonds is 6. The highest BCUT2D eigenvalue weighted by molar-refractivity contribution is 7.18. The van der Waals surface area contributed by atoms with Gasteiger partial charge in [0.1, 0.15) is 10.5 Å². The largest absolute Gasteiger partial charge is 0.488 e. The quantitative estimate of drug-likeness (QED) is 0.495. The van der Waals surface area contributed by atoms with Crippen LogP contribution in [0.4, 0.5) is 0 Å². The Labute approximate surface area is 183 Å². The molecule has 160 valence electrons. The summed E-state index contributed by atoms with van der Waals surface area (Å²) in [5.74, 6) is 1.06. The van der Waals surface area contributed by atoms with Crippen LogP contribution < -0.4 is 15.7 Å². The molecule has 0 unspecified atom stereocenters. The van der Waals surface area contributed by atoms with E-state index in [-0.39, 0.29) is 23.3 Å². The highest BCUT2D eigenvalue weighted by Gasteiger charge is 2.19. The Morgan fingerprint density at radius 2 is 2.03 bits per heavy atom. The van der Waals surface area contributed by atoms with Gasteiger partial charge in [-0.3, -0.25) is 19.1 Å². The first-order valence-electron chi connectivity index (χ1n) is 10.1. The van der Waals surface area contributed by atoms with Crippen LogP contribution in [0.15, 0.2) is 46.2 Å². The van der Waals surface area contributed by atoms with Gasteiger partial charge in [0.05, 0.1) is 18.5 Å². The summed E-state index contributed by atoms with van der Waals surface area (Å²) < 4.78 is 7.14. The summed E-state index contributed by atoms with van der Waals surface area (Å²) in [4.78, 5) is 40.0. The second-order valence-corrected chi connectivity index (χ2v) is 9.10. The van der Waals surface area contributed by atoms with Gasteiger partial charge in [0.15, 0.2) is 11.6 Å². The number of hydrogen-bond donors (Lipinski definition) is 1. The van der Waals surface area contributed by atoms with E-state index in [2.05, 4.69) is 9.97 Å². The summed E-state index contributed by atoms with van der Waals surface area (Å²) in [6.45, 7) is 8.59. The van der Waals surface area contributed by atoms with Gasteiger partial charge in [-0.2, -0.15) is 0 Å². The van der Waals surface area contributed by atoms with Gasteiger partial charge >= 0.3 is 0 Å². The summed E-state index contributed by atoms with van der Waals surface area (Å²) in [6.07, 6.45) is 3.22. The van der Waals surface area contributed by atoms with Gasteiger partial charge in [0, 0.05) is 29.0 Å². The van der Waals surface area contributed by atoms with Crippen molar-refractivity contribution in [1.82, 2.24) is 19.5 Å². The Hall–Kier alpha value is -3.26. The second kappa shape index (κ2) is 8.47. The molecule has 4 heterocycles. The normalized spacial score (nSPS) is 11.4. The maximum atomic E-state index is 13.5. The number of pyridine rings is 2. The van der Waals surface area contributed by atoms with E-state index in [9.17, 15) is 9.59 Å². The van der Waals surface area contributed by atoms with Crippen molar-refractivity contribution in [2.24, 2.45) is 5.92 Å².